The van der Waals surface area contributed by atoms with Crippen LogP contribution in [0.3, 0.4) is 0 Å². The number of aliphatic imine (C=N–C) groups is 2. The Labute approximate surface area is 242 Å². The lowest BCUT2D eigenvalue weighted by molar-refractivity contribution is 0.342. The molecule has 2 aliphatic rings. The monoisotopic (exact) mass is 559 g/mol. The van der Waals surface area contributed by atoms with Gasteiger partial charge < -0.3 is 15.0 Å². The van der Waals surface area contributed by atoms with Gasteiger partial charge in [0.2, 0.25) is 0 Å². The predicted octanol–water partition coefficient (Wildman–Crippen LogP) is 7.42. The van der Waals surface area contributed by atoms with Crippen molar-refractivity contribution in [3.8, 4) is 11.6 Å². The minimum absolute atomic E-state index is 0.247. The molecule has 4 heterocycles. The van der Waals surface area contributed by atoms with Gasteiger partial charge in [-0.3, -0.25) is 0 Å². The van der Waals surface area contributed by atoms with Crippen LogP contribution in [0.2, 0.25) is 5.02 Å². The molecule has 8 nitrogen and oxygen atoms in total. The van der Waals surface area contributed by atoms with Gasteiger partial charge in [-0.15, -0.1) is 0 Å². The average molecular weight is 560 g/mol. The molecule has 0 saturated carbocycles. The van der Waals surface area contributed by atoms with E-state index < -0.39 is 0 Å². The van der Waals surface area contributed by atoms with Gasteiger partial charge in [0.25, 0.3) is 0 Å². The van der Waals surface area contributed by atoms with Gasteiger partial charge >= 0.3 is 0 Å². The van der Waals surface area contributed by atoms with Crippen LogP contribution < -0.4 is 15.0 Å². The third-order valence-corrected chi connectivity index (χ3v) is 7.38. The largest absolute Gasteiger partial charge is 0.492 e. The van der Waals surface area contributed by atoms with Crippen molar-refractivity contribution in [3.05, 3.63) is 119 Å². The van der Waals surface area contributed by atoms with E-state index in [0.717, 1.165) is 39.6 Å². The molecular formula is C32H26ClN7O. The lowest BCUT2D eigenvalue weighted by Gasteiger charge is -2.40. The summed E-state index contributed by atoms with van der Waals surface area (Å²) in [6.45, 7) is 4.53. The Balaban J connectivity index is 1.48. The number of para-hydroxylation sites is 4. The Kier molecular flexibility index (Phi) is 6.24. The molecule has 2 aromatic heterocycles. The van der Waals surface area contributed by atoms with Gasteiger partial charge in [-0.2, -0.15) is 9.78 Å². The van der Waals surface area contributed by atoms with Crippen LogP contribution in [0.5, 0.6) is 5.75 Å². The SMILES string of the molecule is CCOc1ccccc1NC1=Nc2ccccc2N2C1=Nc1c(c(C)nn1-c1ccccn1)[C@@H]2c1ccc(Cl)cc1. The number of halogens is 1. The zero-order valence-electron chi connectivity index (χ0n) is 22.5. The van der Waals surface area contributed by atoms with E-state index in [2.05, 4.69) is 33.4 Å². The second-order valence-corrected chi connectivity index (χ2v) is 10.1. The summed E-state index contributed by atoms with van der Waals surface area (Å²) < 4.78 is 7.73. The molecule has 1 atom stereocenters. The van der Waals surface area contributed by atoms with E-state index in [1.807, 2.05) is 91.3 Å². The second kappa shape index (κ2) is 10.2. The summed E-state index contributed by atoms with van der Waals surface area (Å²) in [6, 6.07) is 29.4. The summed E-state index contributed by atoms with van der Waals surface area (Å²) >= 11 is 6.34. The number of nitrogens with one attached hydrogen (secondary N) is 1. The van der Waals surface area contributed by atoms with Crippen LogP contribution >= 0.6 is 11.6 Å². The molecule has 0 aliphatic carbocycles. The summed E-state index contributed by atoms with van der Waals surface area (Å²) in [5.41, 5.74) is 5.50. The van der Waals surface area contributed by atoms with Crippen molar-refractivity contribution in [2.75, 3.05) is 16.8 Å². The third-order valence-electron chi connectivity index (χ3n) is 7.13. The lowest BCUT2D eigenvalue weighted by atomic mass is 9.93. The molecule has 0 fully saturated rings. The quantitative estimate of drug-likeness (QED) is 0.242. The van der Waals surface area contributed by atoms with Gasteiger partial charge in [-0.25, -0.2) is 15.0 Å². The van der Waals surface area contributed by atoms with Crippen LogP contribution in [0.15, 0.2) is 107 Å². The van der Waals surface area contributed by atoms with Crippen LogP contribution in [0, 0.1) is 6.92 Å². The number of aromatic nitrogens is 3. The summed E-state index contributed by atoms with van der Waals surface area (Å²) in [7, 11) is 0. The number of hydrogen-bond acceptors (Lipinski definition) is 7. The van der Waals surface area contributed by atoms with E-state index in [-0.39, 0.29) is 6.04 Å². The normalized spacial score (nSPS) is 15.3. The van der Waals surface area contributed by atoms with Gasteiger partial charge in [0.05, 0.1) is 35.4 Å². The first-order valence-corrected chi connectivity index (χ1v) is 13.8. The molecule has 1 N–H and O–H groups in total. The van der Waals surface area contributed by atoms with E-state index in [9.17, 15) is 0 Å². The molecule has 0 spiro atoms. The first kappa shape index (κ1) is 25.0. The fraction of sp³-hybridized carbons (Fsp3) is 0.125. The molecule has 2 aliphatic heterocycles. The number of aryl methyl sites for hydroxylation is 1. The number of ether oxygens (including phenoxy) is 1. The number of hydrogen-bond donors (Lipinski definition) is 1. The maximum Gasteiger partial charge on any atom is 0.179 e. The number of amidine groups is 2. The van der Waals surface area contributed by atoms with E-state index in [1.165, 1.54) is 0 Å². The van der Waals surface area contributed by atoms with Crippen molar-refractivity contribution in [2.45, 2.75) is 19.9 Å². The lowest BCUT2D eigenvalue weighted by Crippen LogP contribution is -2.46. The summed E-state index contributed by atoms with van der Waals surface area (Å²) in [5.74, 6) is 3.41. The number of fused-ring (bicyclic) bond motifs is 4. The molecule has 0 radical (unpaired) electrons. The minimum Gasteiger partial charge on any atom is -0.492 e. The Morgan fingerprint density at radius 3 is 2.49 bits per heavy atom. The first-order valence-electron chi connectivity index (χ1n) is 13.4. The van der Waals surface area contributed by atoms with Crippen molar-refractivity contribution in [1.29, 1.82) is 0 Å². The van der Waals surface area contributed by atoms with Gasteiger partial charge in [0, 0.05) is 16.8 Å². The number of benzene rings is 3. The molecule has 0 unspecified atom stereocenters. The number of anilines is 2. The van der Waals surface area contributed by atoms with Crippen LogP contribution in [-0.4, -0.2) is 33.0 Å². The average Bonchev–Trinajstić information content (AvgIpc) is 3.34. The van der Waals surface area contributed by atoms with Gasteiger partial charge in [0.1, 0.15) is 5.75 Å². The topological polar surface area (TPSA) is 79.9 Å². The highest BCUT2D eigenvalue weighted by Gasteiger charge is 2.41. The Morgan fingerprint density at radius 1 is 0.902 bits per heavy atom. The fourth-order valence-electron chi connectivity index (χ4n) is 5.38. The van der Waals surface area contributed by atoms with Crippen molar-refractivity contribution in [1.82, 2.24) is 14.8 Å². The summed E-state index contributed by atoms with van der Waals surface area (Å²) in [5, 5.41) is 9.15. The summed E-state index contributed by atoms with van der Waals surface area (Å²) in [4.78, 5) is 17.1. The molecule has 5 aromatic rings. The minimum atomic E-state index is -0.247. The second-order valence-electron chi connectivity index (χ2n) is 9.69. The van der Waals surface area contributed by atoms with Gasteiger partial charge in [0.15, 0.2) is 23.3 Å². The number of pyridine rings is 1. The standard InChI is InChI=1S/C32H26ClN7O/c1-3-41-26-13-7-5-11-24(26)36-30-32-37-31-28(20(2)38-40(31)27-14-8-9-19-34-27)29(21-15-17-22(33)18-16-21)39(32)25-12-6-4-10-23(25)35-30/h4-19,29H,3H2,1-2H3,(H,35,36)/t29-/m0/s1. The Hall–Kier alpha value is -4.95. The highest BCUT2D eigenvalue weighted by Crippen LogP contribution is 2.48. The Bertz CT molecular complexity index is 1810. The molecule has 3 aromatic carbocycles. The van der Waals surface area contributed by atoms with E-state index in [4.69, 9.17) is 31.4 Å². The molecule has 7 rings (SSSR count). The van der Waals surface area contributed by atoms with Crippen molar-refractivity contribution in [3.63, 3.8) is 0 Å². The highest BCUT2D eigenvalue weighted by atomic mass is 35.5. The molecule has 0 amide bonds. The highest BCUT2D eigenvalue weighted by molar-refractivity contribution is 6.51. The van der Waals surface area contributed by atoms with Gasteiger partial charge in [-0.1, -0.05) is 54.1 Å². The smallest absolute Gasteiger partial charge is 0.179 e. The maximum atomic E-state index is 6.34. The van der Waals surface area contributed by atoms with Crippen LogP contribution in [0.4, 0.5) is 22.9 Å². The van der Waals surface area contributed by atoms with Gasteiger partial charge in [-0.05, 0) is 67.9 Å². The molecule has 0 saturated heterocycles. The first-order chi connectivity index (χ1) is 20.1. The van der Waals surface area contributed by atoms with Crippen LogP contribution in [0.1, 0.15) is 29.8 Å². The molecule has 41 heavy (non-hydrogen) atoms. The van der Waals surface area contributed by atoms with Crippen LogP contribution in [0.25, 0.3) is 5.82 Å². The zero-order valence-corrected chi connectivity index (χ0v) is 23.2. The maximum absolute atomic E-state index is 6.34. The Morgan fingerprint density at radius 2 is 1.68 bits per heavy atom. The molecular weight excluding hydrogens is 534 g/mol. The van der Waals surface area contributed by atoms with E-state index >= 15 is 0 Å². The number of rotatable bonds is 5. The predicted molar refractivity (Wildman–Crippen MR) is 164 cm³/mol. The van der Waals surface area contributed by atoms with E-state index in [1.54, 1.807) is 6.20 Å². The number of nitrogens with zero attached hydrogens (tertiary/aromatic N) is 6. The van der Waals surface area contributed by atoms with Crippen LogP contribution in [-0.2, 0) is 0 Å². The molecule has 0 bridgehead atoms. The molecule has 9 heteroatoms. The molecule has 202 valence electrons. The summed E-state index contributed by atoms with van der Waals surface area (Å²) in [6.07, 6.45) is 1.76. The van der Waals surface area contributed by atoms with Crippen molar-refractivity contribution < 1.29 is 4.74 Å². The van der Waals surface area contributed by atoms with Crippen molar-refractivity contribution >= 4 is 46.2 Å². The zero-order chi connectivity index (χ0) is 27.9. The third kappa shape index (κ3) is 4.33. The van der Waals surface area contributed by atoms with E-state index in [0.29, 0.717) is 34.9 Å². The van der Waals surface area contributed by atoms with Crippen molar-refractivity contribution in [2.24, 2.45) is 9.98 Å². The fourth-order valence-corrected chi connectivity index (χ4v) is 5.50.